The molecule has 10 nitrogen and oxygen atoms in total. The number of halogens is 3. The average molecular weight is 498 g/mol. The zero-order valence-electron chi connectivity index (χ0n) is 18.0. The summed E-state index contributed by atoms with van der Waals surface area (Å²) in [5.41, 5.74) is -0.783. The van der Waals surface area contributed by atoms with Crippen LogP contribution < -0.4 is 20.5 Å². The normalized spacial score (nSPS) is 16.6. The van der Waals surface area contributed by atoms with Crippen LogP contribution in [0.4, 0.5) is 19.1 Å². The van der Waals surface area contributed by atoms with Crippen LogP contribution in [0.2, 0.25) is 0 Å². The number of H-pyrrole nitrogens is 1. The number of alkyl halides is 3. The lowest BCUT2D eigenvalue weighted by Gasteiger charge is -2.17. The van der Waals surface area contributed by atoms with Crippen molar-refractivity contribution in [3.63, 3.8) is 0 Å². The van der Waals surface area contributed by atoms with Gasteiger partial charge in [-0.25, -0.2) is 13.4 Å². The van der Waals surface area contributed by atoms with E-state index >= 15 is 0 Å². The first-order chi connectivity index (χ1) is 15.7. The number of nitrogens with zero attached hydrogens (tertiary/aromatic N) is 2. The molecular weight excluding hydrogens is 477 g/mol. The largest absolute Gasteiger partial charge is 0.416 e. The summed E-state index contributed by atoms with van der Waals surface area (Å²) in [6, 6.07) is 4.62. The lowest BCUT2D eigenvalue weighted by Crippen LogP contribution is -2.31. The van der Waals surface area contributed by atoms with Gasteiger partial charge in [0.2, 0.25) is 16.0 Å². The predicted octanol–water partition coefficient (Wildman–Crippen LogP) is 1.55. The molecule has 1 aliphatic heterocycles. The van der Waals surface area contributed by atoms with Crippen molar-refractivity contribution in [1.29, 1.82) is 5.41 Å². The Kier molecular flexibility index (Phi) is 6.82. The molecule has 1 amide bonds. The van der Waals surface area contributed by atoms with Gasteiger partial charge in [0, 0.05) is 24.4 Å². The first kappa shape index (κ1) is 25.0. The molecule has 2 aromatic rings. The molecule has 4 N–H and O–H groups in total. The van der Waals surface area contributed by atoms with Crippen LogP contribution in [0.15, 0.2) is 46.9 Å². The molecule has 3 rings (SSSR count). The minimum atomic E-state index is -4.47. The minimum Gasteiger partial charge on any atom is -0.344 e. The Labute approximate surface area is 192 Å². The van der Waals surface area contributed by atoms with Crippen LogP contribution in [0.5, 0.6) is 0 Å². The second-order valence-electron chi connectivity index (χ2n) is 7.66. The highest BCUT2D eigenvalue weighted by molar-refractivity contribution is 7.88. The minimum absolute atomic E-state index is 0.00680. The van der Waals surface area contributed by atoms with Crippen molar-refractivity contribution in [2.24, 2.45) is 0 Å². The highest BCUT2D eigenvalue weighted by atomic mass is 32.2. The van der Waals surface area contributed by atoms with Crippen LogP contribution in [-0.4, -0.2) is 49.3 Å². The van der Waals surface area contributed by atoms with E-state index in [1.54, 1.807) is 6.92 Å². The summed E-state index contributed by atoms with van der Waals surface area (Å²) in [6.45, 7) is 1.66. The summed E-state index contributed by atoms with van der Waals surface area (Å²) in [6.07, 6.45) is -2.33. The van der Waals surface area contributed by atoms with Crippen LogP contribution in [0.1, 0.15) is 34.6 Å². The molecule has 0 radical (unpaired) electrons. The Morgan fingerprint density at radius 1 is 1.26 bits per heavy atom. The van der Waals surface area contributed by atoms with Gasteiger partial charge in [0.1, 0.15) is 5.69 Å². The first-order valence-corrected chi connectivity index (χ1v) is 11.7. The maximum Gasteiger partial charge on any atom is 0.416 e. The van der Waals surface area contributed by atoms with Crippen LogP contribution in [0, 0.1) is 5.41 Å². The number of sulfonamides is 1. The van der Waals surface area contributed by atoms with Crippen LogP contribution in [-0.2, 0) is 16.2 Å². The highest BCUT2D eigenvalue weighted by Crippen LogP contribution is 2.30. The number of carbonyl (C=O) groups excluding carboxylic acids is 1. The second kappa shape index (κ2) is 9.29. The third kappa shape index (κ3) is 6.21. The summed E-state index contributed by atoms with van der Waals surface area (Å²) >= 11 is 0. The molecule has 14 heteroatoms. The fourth-order valence-corrected chi connectivity index (χ4v) is 3.49. The number of anilines is 1. The van der Waals surface area contributed by atoms with Crippen LogP contribution >= 0.6 is 0 Å². The molecule has 0 aliphatic carbocycles. The zero-order chi connectivity index (χ0) is 25.3. The number of nitrogens with one attached hydrogen (secondary N) is 4. The summed E-state index contributed by atoms with van der Waals surface area (Å²) in [4.78, 5) is 32.9. The summed E-state index contributed by atoms with van der Waals surface area (Å²) in [7, 11) is -3.51. The number of aromatic nitrogens is 2. The van der Waals surface area contributed by atoms with E-state index in [9.17, 15) is 31.2 Å². The van der Waals surface area contributed by atoms with E-state index in [0.717, 1.165) is 24.5 Å². The Bertz CT molecular complexity index is 1300. The third-order valence-corrected chi connectivity index (χ3v) is 5.44. The maximum atomic E-state index is 12.7. The molecule has 1 aromatic carbocycles. The Balaban J connectivity index is 1.75. The molecule has 0 unspecified atom stereocenters. The lowest BCUT2D eigenvalue weighted by atomic mass is 10.1. The number of hydrogen-bond acceptors (Lipinski definition) is 7. The molecule has 0 spiro atoms. The molecular formula is C20H21F3N6O4S. The fraction of sp³-hybridized carbons (Fsp3) is 0.300. The van der Waals surface area contributed by atoms with Crippen molar-refractivity contribution in [1.82, 2.24) is 20.0 Å². The van der Waals surface area contributed by atoms with Gasteiger partial charge >= 0.3 is 6.18 Å². The van der Waals surface area contributed by atoms with E-state index in [4.69, 9.17) is 5.41 Å². The van der Waals surface area contributed by atoms with E-state index in [-0.39, 0.29) is 30.4 Å². The molecule has 182 valence electrons. The second-order valence-corrected chi connectivity index (χ2v) is 9.44. The molecule has 1 atom stereocenters. The molecule has 1 aromatic heterocycles. The van der Waals surface area contributed by atoms with Gasteiger partial charge in [0.15, 0.2) is 0 Å². The van der Waals surface area contributed by atoms with Crippen molar-refractivity contribution in [2.75, 3.05) is 24.2 Å². The summed E-state index contributed by atoms with van der Waals surface area (Å²) < 4.78 is 62.9. The number of hydrogen-bond donors (Lipinski definition) is 4. The van der Waals surface area contributed by atoms with Gasteiger partial charge in [0.05, 0.1) is 30.1 Å². The summed E-state index contributed by atoms with van der Waals surface area (Å²) in [5, 5.41) is 10.6. The average Bonchev–Trinajstić information content (AvgIpc) is 3.11. The van der Waals surface area contributed by atoms with E-state index in [1.807, 2.05) is 0 Å². The van der Waals surface area contributed by atoms with Gasteiger partial charge in [-0.15, -0.1) is 0 Å². The van der Waals surface area contributed by atoms with Crippen molar-refractivity contribution >= 4 is 27.6 Å². The molecule has 1 fully saturated rings. The van der Waals surface area contributed by atoms with Crippen molar-refractivity contribution in [3.8, 4) is 0 Å². The smallest absolute Gasteiger partial charge is 0.344 e. The topological polar surface area (TPSA) is 148 Å². The number of aromatic amines is 1. The fourth-order valence-electron chi connectivity index (χ4n) is 3.14. The SMILES string of the molecule is C[C@@H](NC(=O)c1cc(=O)[nH]c(N2CC(=N)/C(=C\NS(C)(=O)=O)C2)n1)c1ccc(C(F)(F)F)cc1. The van der Waals surface area contributed by atoms with Crippen molar-refractivity contribution < 1.29 is 26.4 Å². The Morgan fingerprint density at radius 2 is 1.91 bits per heavy atom. The standard InChI is InChI=1S/C20H21F3N6O4S/c1-11(12-3-5-14(6-4-12)20(21,22)23)26-18(31)16-7-17(30)28-19(27-16)29-9-13(15(24)10-29)8-25-34(2,32)33/h3-8,11,24-25H,9-10H2,1-2H3,(H,26,31)(H,27,28,30)/b13-8-,24-15?/t11-/m1/s1. The third-order valence-electron chi connectivity index (χ3n) is 4.89. The Hall–Kier alpha value is -3.68. The van der Waals surface area contributed by atoms with E-state index in [1.165, 1.54) is 23.2 Å². The summed E-state index contributed by atoms with van der Waals surface area (Å²) in [5.74, 6) is -0.712. The molecule has 34 heavy (non-hydrogen) atoms. The Morgan fingerprint density at radius 3 is 2.50 bits per heavy atom. The zero-order valence-corrected chi connectivity index (χ0v) is 18.8. The monoisotopic (exact) mass is 498 g/mol. The van der Waals surface area contributed by atoms with Gasteiger partial charge in [-0.05, 0) is 24.6 Å². The highest BCUT2D eigenvalue weighted by Gasteiger charge is 2.30. The van der Waals surface area contributed by atoms with Gasteiger partial charge in [-0.3, -0.25) is 19.3 Å². The number of benzene rings is 1. The van der Waals surface area contributed by atoms with Gasteiger partial charge in [-0.2, -0.15) is 13.2 Å². The quantitative estimate of drug-likeness (QED) is 0.475. The molecule has 0 saturated carbocycles. The predicted molar refractivity (Wildman–Crippen MR) is 118 cm³/mol. The maximum absolute atomic E-state index is 12.7. The van der Waals surface area contributed by atoms with E-state index in [0.29, 0.717) is 11.1 Å². The van der Waals surface area contributed by atoms with E-state index < -0.39 is 39.3 Å². The molecule has 1 saturated heterocycles. The molecule has 2 heterocycles. The van der Waals surface area contributed by atoms with Gasteiger partial charge < -0.3 is 15.6 Å². The lowest BCUT2D eigenvalue weighted by molar-refractivity contribution is -0.137. The first-order valence-electron chi connectivity index (χ1n) is 9.81. The van der Waals surface area contributed by atoms with Gasteiger partial charge in [-0.1, -0.05) is 12.1 Å². The number of rotatable bonds is 6. The molecule has 1 aliphatic rings. The van der Waals surface area contributed by atoms with Gasteiger partial charge in [0.25, 0.3) is 11.5 Å². The van der Waals surface area contributed by atoms with Crippen LogP contribution in [0.25, 0.3) is 0 Å². The van der Waals surface area contributed by atoms with E-state index in [2.05, 4.69) is 20.0 Å². The number of carbonyl (C=O) groups is 1. The van der Waals surface area contributed by atoms with Crippen LogP contribution in [0.3, 0.4) is 0 Å². The van der Waals surface area contributed by atoms with Crippen molar-refractivity contribution in [3.05, 3.63) is 69.3 Å². The number of amides is 1. The molecule has 0 bridgehead atoms. The van der Waals surface area contributed by atoms with Crippen molar-refractivity contribution in [2.45, 2.75) is 19.1 Å².